The average molecular weight is 320 g/mol. The highest BCUT2D eigenvalue weighted by atomic mass is 16.5. The number of benzene rings is 1. The minimum absolute atomic E-state index is 0.505. The van der Waals surface area contributed by atoms with Gasteiger partial charge in [0, 0.05) is 44.3 Å². The zero-order valence-electron chi connectivity index (χ0n) is 13.7. The summed E-state index contributed by atoms with van der Waals surface area (Å²) in [5.41, 5.74) is 3.59. The van der Waals surface area contributed by atoms with Crippen LogP contribution in [0.25, 0.3) is 11.1 Å². The zero-order chi connectivity index (χ0) is 16.4. The number of hydrogen-bond donors (Lipinski definition) is 0. The third-order valence-electron chi connectivity index (χ3n) is 4.28. The summed E-state index contributed by atoms with van der Waals surface area (Å²) in [6.07, 6.45) is 7.61. The lowest BCUT2D eigenvalue weighted by Gasteiger charge is -2.07. The number of ether oxygens (including phenoxy) is 1. The van der Waals surface area contributed by atoms with E-state index in [0.29, 0.717) is 6.04 Å². The molecular weight excluding hydrogens is 300 g/mol. The van der Waals surface area contributed by atoms with E-state index < -0.39 is 0 Å². The second kappa shape index (κ2) is 6.45. The van der Waals surface area contributed by atoms with Gasteiger partial charge in [-0.3, -0.25) is 14.6 Å². The van der Waals surface area contributed by atoms with E-state index >= 15 is 0 Å². The van der Waals surface area contributed by atoms with E-state index in [9.17, 15) is 0 Å². The maximum Gasteiger partial charge on any atom is 0.119 e. The first-order valence-corrected chi connectivity index (χ1v) is 8.13. The molecule has 5 heteroatoms. The van der Waals surface area contributed by atoms with E-state index in [1.807, 2.05) is 54.6 Å². The van der Waals surface area contributed by atoms with Crippen molar-refractivity contribution in [3.8, 4) is 16.9 Å². The van der Waals surface area contributed by atoms with Crippen molar-refractivity contribution in [2.75, 3.05) is 13.2 Å². The van der Waals surface area contributed by atoms with E-state index in [2.05, 4.69) is 33.3 Å². The van der Waals surface area contributed by atoms with Gasteiger partial charge in [-0.15, -0.1) is 0 Å². The summed E-state index contributed by atoms with van der Waals surface area (Å²) in [6, 6.07) is 12.8. The van der Waals surface area contributed by atoms with Crippen LogP contribution in [-0.2, 0) is 13.6 Å². The van der Waals surface area contributed by atoms with Crippen LogP contribution < -0.4 is 4.74 Å². The Labute approximate surface area is 141 Å². The SMILES string of the molecule is Cn1cc(CN2CC2COc2ccc(-c3ccncc3)cc2)cn1. The van der Waals surface area contributed by atoms with E-state index in [1.54, 1.807) is 0 Å². The summed E-state index contributed by atoms with van der Waals surface area (Å²) < 4.78 is 7.76. The molecule has 1 aliphatic heterocycles. The fourth-order valence-electron chi connectivity index (χ4n) is 2.84. The Balaban J connectivity index is 1.28. The van der Waals surface area contributed by atoms with Crippen LogP contribution in [0.5, 0.6) is 5.75 Å². The van der Waals surface area contributed by atoms with Crippen LogP contribution in [-0.4, -0.2) is 38.9 Å². The van der Waals surface area contributed by atoms with E-state index in [0.717, 1.165) is 25.4 Å². The predicted octanol–water partition coefficient (Wildman–Crippen LogP) is 2.75. The molecular formula is C19H20N4O. The second-order valence-corrected chi connectivity index (χ2v) is 6.18. The molecule has 0 radical (unpaired) electrons. The van der Waals surface area contributed by atoms with Crippen molar-refractivity contribution in [2.24, 2.45) is 7.05 Å². The fourth-order valence-corrected chi connectivity index (χ4v) is 2.84. The highest BCUT2D eigenvalue weighted by Crippen LogP contribution is 2.24. The second-order valence-electron chi connectivity index (χ2n) is 6.18. The molecule has 0 N–H and O–H groups in total. The molecule has 4 rings (SSSR count). The van der Waals surface area contributed by atoms with E-state index in [-0.39, 0.29) is 0 Å². The maximum absolute atomic E-state index is 5.92. The molecule has 2 aromatic heterocycles. The smallest absolute Gasteiger partial charge is 0.119 e. The summed E-state index contributed by atoms with van der Waals surface area (Å²) in [4.78, 5) is 6.44. The lowest BCUT2D eigenvalue weighted by Crippen LogP contribution is -2.10. The fraction of sp³-hybridized carbons (Fsp3) is 0.263. The summed E-state index contributed by atoms with van der Waals surface area (Å²) in [7, 11) is 1.95. The minimum atomic E-state index is 0.505. The summed E-state index contributed by atoms with van der Waals surface area (Å²) in [5.74, 6) is 0.918. The van der Waals surface area contributed by atoms with Crippen LogP contribution >= 0.6 is 0 Å². The molecule has 3 aromatic rings. The lowest BCUT2D eigenvalue weighted by atomic mass is 10.1. The molecule has 0 aliphatic carbocycles. The third-order valence-corrected chi connectivity index (χ3v) is 4.28. The molecule has 0 bridgehead atoms. The molecule has 5 nitrogen and oxygen atoms in total. The molecule has 122 valence electrons. The van der Waals surface area contributed by atoms with Gasteiger partial charge in [0.2, 0.25) is 0 Å². The Morgan fingerprint density at radius 1 is 1.08 bits per heavy atom. The van der Waals surface area contributed by atoms with Crippen molar-refractivity contribution in [1.29, 1.82) is 0 Å². The molecule has 0 saturated carbocycles. The van der Waals surface area contributed by atoms with E-state index in [4.69, 9.17) is 4.74 Å². The molecule has 0 spiro atoms. The van der Waals surface area contributed by atoms with Crippen molar-refractivity contribution >= 4 is 0 Å². The number of aromatic nitrogens is 3. The molecule has 0 amide bonds. The van der Waals surface area contributed by atoms with Crippen LogP contribution in [0.4, 0.5) is 0 Å². The van der Waals surface area contributed by atoms with Gasteiger partial charge < -0.3 is 4.74 Å². The van der Waals surface area contributed by atoms with Crippen LogP contribution in [0.2, 0.25) is 0 Å². The Bertz CT molecular complexity index is 798. The highest BCUT2D eigenvalue weighted by Gasteiger charge is 2.34. The van der Waals surface area contributed by atoms with Crippen molar-refractivity contribution in [2.45, 2.75) is 12.6 Å². The summed E-state index contributed by atoms with van der Waals surface area (Å²) >= 11 is 0. The number of nitrogens with zero attached hydrogens (tertiary/aromatic N) is 4. The Morgan fingerprint density at radius 2 is 1.83 bits per heavy atom. The van der Waals surface area contributed by atoms with Gasteiger partial charge in [-0.2, -0.15) is 5.10 Å². The van der Waals surface area contributed by atoms with Gasteiger partial charge in [0.15, 0.2) is 0 Å². The Kier molecular flexibility index (Phi) is 4.01. The number of pyridine rings is 1. The van der Waals surface area contributed by atoms with Gasteiger partial charge in [0.1, 0.15) is 12.4 Å². The monoisotopic (exact) mass is 320 g/mol. The largest absolute Gasteiger partial charge is 0.492 e. The van der Waals surface area contributed by atoms with Crippen LogP contribution in [0, 0.1) is 0 Å². The molecule has 2 unspecified atom stereocenters. The van der Waals surface area contributed by atoms with Gasteiger partial charge >= 0.3 is 0 Å². The normalized spacial score (nSPS) is 19.2. The molecule has 24 heavy (non-hydrogen) atoms. The van der Waals surface area contributed by atoms with Gasteiger partial charge in [-0.05, 0) is 35.4 Å². The van der Waals surface area contributed by atoms with Gasteiger partial charge in [-0.25, -0.2) is 0 Å². The molecule has 2 atom stereocenters. The molecule has 1 aromatic carbocycles. The van der Waals surface area contributed by atoms with E-state index in [1.165, 1.54) is 16.7 Å². The van der Waals surface area contributed by atoms with Crippen molar-refractivity contribution in [1.82, 2.24) is 19.7 Å². The first kappa shape index (κ1) is 14.9. The topological polar surface area (TPSA) is 43.0 Å². The highest BCUT2D eigenvalue weighted by molar-refractivity contribution is 5.63. The van der Waals surface area contributed by atoms with Crippen molar-refractivity contribution < 1.29 is 4.74 Å². The molecule has 1 aliphatic rings. The molecule has 3 heterocycles. The number of aryl methyl sites for hydroxylation is 1. The third kappa shape index (κ3) is 3.46. The summed E-state index contributed by atoms with van der Waals surface area (Å²) in [6.45, 7) is 2.77. The Morgan fingerprint density at radius 3 is 2.54 bits per heavy atom. The maximum atomic E-state index is 5.92. The van der Waals surface area contributed by atoms with Gasteiger partial charge in [0.05, 0.1) is 12.2 Å². The standard InChI is InChI=1S/C19H20N4O/c1-22-11-15(10-21-22)12-23-13-18(23)14-24-19-4-2-16(3-5-19)17-6-8-20-9-7-17/h2-11,18H,12-14H2,1H3. The summed E-state index contributed by atoms with van der Waals surface area (Å²) in [5, 5.41) is 4.20. The average Bonchev–Trinajstić information content (AvgIpc) is 3.23. The lowest BCUT2D eigenvalue weighted by molar-refractivity contribution is 0.293. The quantitative estimate of drug-likeness (QED) is 0.655. The Hall–Kier alpha value is -2.66. The van der Waals surface area contributed by atoms with Crippen LogP contribution in [0.15, 0.2) is 61.2 Å². The van der Waals surface area contributed by atoms with Crippen molar-refractivity contribution in [3.05, 3.63) is 66.7 Å². The van der Waals surface area contributed by atoms with Crippen molar-refractivity contribution in [3.63, 3.8) is 0 Å². The van der Waals surface area contributed by atoms with Crippen LogP contribution in [0.1, 0.15) is 5.56 Å². The van der Waals surface area contributed by atoms with Gasteiger partial charge in [-0.1, -0.05) is 12.1 Å². The zero-order valence-corrected chi connectivity index (χ0v) is 13.7. The number of hydrogen-bond acceptors (Lipinski definition) is 4. The first-order chi connectivity index (χ1) is 11.8. The molecule has 1 fully saturated rings. The molecule has 1 saturated heterocycles. The number of rotatable bonds is 6. The van der Waals surface area contributed by atoms with Crippen LogP contribution in [0.3, 0.4) is 0 Å². The van der Waals surface area contributed by atoms with Gasteiger partial charge in [0.25, 0.3) is 0 Å². The predicted molar refractivity (Wildman–Crippen MR) is 92.6 cm³/mol. The minimum Gasteiger partial charge on any atom is -0.492 e. The first-order valence-electron chi connectivity index (χ1n) is 8.13.